The van der Waals surface area contributed by atoms with Crippen LogP contribution >= 0.6 is 0 Å². The van der Waals surface area contributed by atoms with Crippen molar-refractivity contribution in [3.8, 4) is 5.75 Å². The summed E-state index contributed by atoms with van der Waals surface area (Å²) in [5, 5.41) is 13.9. The molecule has 0 spiro atoms. The van der Waals surface area contributed by atoms with Crippen molar-refractivity contribution in [2.45, 2.75) is 46.7 Å². The Hall–Kier alpha value is -4.54. The molecule has 2 heterocycles. The van der Waals surface area contributed by atoms with Crippen LogP contribution in [-0.2, 0) is 20.8 Å². The van der Waals surface area contributed by atoms with Crippen molar-refractivity contribution in [3.05, 3.63) is 76.1 Å². The van der Waals surface area contributed by atoms with E-state index in [1.54, 1.807) is 21.0 Å². The first-order valence-corrected chi connectivity index (χ1v) is 12.7. The van der Waals surface area contributed by atoms with E-state index in [9.17, 15) is 14.4 Å². The lowest BCUT2D eigenvalue weighted by Gasteiger charge is -2.22. The van der Waals surface area contributed by atoms with Crippen LogP contribution in [0.15, 0.2) is 47.6 Å². The van der Waals surface area contributed by atoms with Gasteiger partial charge < -0.3 is 14.2 Å². The maximum absolute atomic E-state index is 13.7. The van der Waals surface area contributed by atoms with Gasteiger partial charge in [0.2, 0.25) is 5.69 Å². The summed E-state index contributed by atoms with van der Waals surface area (Å²) in [7, 11) is 1.59. The molecule has 0 unspecified atom stereocenters. The molecule has 11 nitrogen and oxygen atoms in total. The fourth-order valence-electron chi connectivity index (χ4n) is 4.40. The number of aromatic nitrogens is 3. The second-order valence-electron chi connectivity index (χ2n) is 8.98. The smallest absolute Gasteiger partial charge is 0.361 e. The Morgan fingerprint density at radius 2 is 1.67 bits per heavy atom. The summed E-state index contributed by atoms with van der Waals surface area (Å²) in [5.41, 5.74) is 4.16. The Labute approximate surface area is 226 Å². The van der Waals surface area contributed by atoms with Crippen LogP contribution in [0.4, 0.5) is 0 Å². The van der Waals surface area contributed by atoms with E-state index in [-0.39, 0.29) is 24.6 Å². The first-order valence-electron chi connectivity index (χ1n) is 12.7. The highest BCUT2D eigenvalue weighted by molar-refractivity contribution is 6.04. The minimum absolute atomic E-state index is 0.0649. The number of rotatable bonds is 9. The van der Waals surface area contributed by atoms with Crippen LogP contribution in [0.25, 0.3) is 0 Å². The van der Waals surface area contributed by atoms with Gasteiger partial charge >= 0.3 is 11.9 Å². The van der Waals surface area contributed by atoms with Gasteiger partial charge in [-0.25, -0.2) is 19.3 Å². The summed E-state index contributed by atoms with van der Waals surface area (Å²) >= 11 is 0. The summed E-state index contributed by atoms with van der Waals surface area (Å²) in [4.78, 5) is 38.8. The van der Waals surface area contributed by atoms with Gasteiger partial charge in [0.1, 0.15) is 12.3 Å². The maximum atomic E-state index is 13.7. The number of hydrogen-bond donors (Lipinski definition) is 0. The fourth-order valence-corrected chi connectivity index (χ4v) is 4.40. The molecule has 1 aliphatic rings. The molecule has 4 rings (SSSR count). The molecule has 0 bridgehead atoms. The molecule has 0 saturated heterocycles. The molecule has 11 heteroatoms. The Balaban J connectivity index is 1.71. The Bertz CT molecular complexity index is 1410. The number of esters is 2. The summed E-state index contributed by atoms with van der Waals surface area (Å²) in [6.07, 6.45) is 0.485. The van der Waals surface area contributed by atoms with Crippen LogP contribution in [0, 0.1) is 13.8 Å². The van der Waals surface area contributed by atoms with Crippen LogP contribution in [-0.4, -0.2) is 63.9 Å². The molecule has 2 aromatic carbocycles. The van der Waals surface area contributed by atoms with E-state index in [2.05, 4.69) is 16.4 Å². The molecule has 3 aromatic rings. The number of ether oxygens (including phenoxy) is 3. The van der Waals surface area contributed by atoms with E-state index in [0.717, 1.165) is 32.6 Å². The lowest BCUT2D eigenvalue weighted by Crippen LogP contribution is -2.32. The second kappa shape index (κ2) is 11.9. The summed E-state index contributed by atoms with van der Waals surface area (Å²) < 4.78 is 16.5. The zero-order chi connectivity index (χ0) is 28.1. The molecule has 1 aliphatic heterocycles. The second-order valence-corrected chi connectivity index (χ2v) is 8.98. The lowest BCUT2D eigenvalue weighted by atomic mass is 9.95. The monoisotopic (exact) mass is 533 g/mol. The number of aryl methyl sites for hydroxylation is 2. The quantitative estimate of drug-likeness (QED) is 0.382. The third kappa shape index (κ3) is 5.82. The number of hydrogen-bond acceptors (Lipinski definition) is 9. The normalized spacial score (nSPS) is 14.6. The third-order valence-electron chi connectivity index (χ3n) is 6.33. The molecule has 0 radical (unpaired) electrons. The number of amides is 1. The van der Waals surface area contributed by atoms with Gasteiger partial charge in [0.15, 0.2) is 5.69 Å². The number of carbonyl (C=O) groups is 3. The van der Waals surface area contributed by atoms with Gasteiger partial charge in [-0.15, -0.1) is 5.10 Å². The molecule has 1 amide bonds. The van der Waals surface area contributed by atoms with Gasteiger partial charge in [-0.3, -0.25) is 4.79 Å². The number of nitrogens with zero attached hydrogens (tertiary/aromatic N) is 5. The highest BCUT2D eigenvalue weighted by Gasteiger charge is 2.35. The van der Waals surface area contributed by atoms with E-state index in [1.165, 1.54) is 5.01 Å². The van der Waals surface area contributed by atoms with Gasteiger partial charge in [0.05, 0.1) is 32.1 Å². The third-order valence-corrected chi connectivity index (χ3v) is 6.33. The van der Waals surface area contributed by atoms with Crippen molar-refractivity contribution in [3.63, 3.8) is 0 Å². The molecule has 39 heavy (non-hydrogen) atoms. The topological polar surface area (TPSA) is 125 Å². The first kappa shape index (κ1) is 27.5. The number of methoxy groups -OCH3 is 1. The van der Waals surface area contributed by atoms with Crippen molar-refractivity contribution >= 4 is 23.6 Å². The summed E-state index contributed by atoms with van der Waals surface area (Å²) in [6.45, 7) is 7.03. The van der Waals surface area contributed by atoms with Gasteiger partial charge in [-0.2, -0.15) is 5.10 Å². The van der Waals surface area contributed by atoms with Gasteiger partial charge in [-0.05, 0) is 57.0 Å². The van der Waals surface area contributed by atoms with Crippen molar-refractivity contribution < 1.29 is 28.6 Å². The molecule has 0 N–H and O–H groups in total. The van der Waals surface area contributed by atoms with Crippen LogP contribution in [0.3, 0.4) is 0 Å². The highest BCUT2D eigenvalue weighted by atomic mass is 16.5. The van der Waals surface area contributed by atoms with Crippen molar-refractivity contribution in [1.29, 1.82) is 0 Å². The lowest BCUT2D eigenvalue weighted by molar-refractivity contribution is -0.133. The van der Waals surface area contributed by atoms with Crippen molar-refractivity contribution in [2.75, 3.05) is 20.3 Å². The van der Waals surface area contributed by atoms with E-state index in [4.69, 9.17) is 19.3 Å². The predicted octanol–water partition coefficient (Wildman–Crippen LogP) is 3.63. The zero-order valence-corrected chi connectivity index (χ0v) is 22.6. The largest absolute Gasteiger partial charge is 0.497 e. The Kier molecular flexibility index (Phi) is 8.38. The minimum Gasteiger partial charge on any atom is -0.497 e. The molecule has 0 saturated carbocycles. The molecule has 1 aromatic heterocycles. The summed E-state index contributed by atoms with van der Waals surface area (Å²) in [6, 6.07) is 13.1. The minimum atomic E-state index is -0.828. The van der Waals surface area contributed by atoms with Gasteiger partial charge in [-0.1, -0.05) is 35.0 Å². The molecule has 1 atom stereocenters. The van der Waals surface area contributed by atoms with Crippen molar-refractivity contribution in [1.82, 2.24) is 20.0 Å². The standard InChI is InChI=1S/C28H31N5O6/c1-6-38-27(35)25-26(28(36)39-7-2)32(31-29-25)16-24(34)33-23(19-10-12-20(37-5)13-11-19)15-22(30-33)21-14-17(3)8-9-18(21)4/h8-14,23H,6-7,15-16H2,1-5H3/t23-/m0/s1. The number of carbonyl (C=O) groups excluding carboxylic acids is 3. The van der Waals surface area contributed by atoms with E-state index >= 15 is 0 Å². The van der Waals surface area contributed by atoms with Crippen LogP contribution in [0.2, 0.25) is 0 Å². The molecular formula is C28H31N5O6. The van der Waals surface area contributed by atoms with Gasteiger partial charge in [0.25, 0.3) is 5.91 Å². The fraction of sp³-hybridized carbons (Fsp3) is 0.357. The van der Waals surface area contributed by atoms with E-state index in [0.29, 0.717) is 12.2 Å². The molecule has 204 valence electrons. The molecule has 0 fully saturated rings. The van der Waals surface area contributed by atoms with Crippen molar-refractivity contribution in [2.24, 2.45) is 5.10 Å². The highest BCUT2D eigenvalue weighted by Crippen LogP contribution is 2.34. The van der Waals surface area contributed by atoms with Crippen LogP contribution in [0.1, 0.15) is 69.5 Å². The number of hydrazone groups is 1. The van der Waals surface area contributed by atoms with E-state index < -0.39 is 30.4 Å². The average Bonchev–Trinajstić information content (AvgIpc) is 3.55. The van der Waals surface area contributed by atoms with Gasteiger partial charge in [0, 0.05) is 12.0 Å². The Morgan fingerprint density at radius 1 is 0.974 bits per heavy atom. The SMILES string of the molecule is CCOC(=O)c1nnn(CC(=O)N2N=C(c3cc(C)ccc3C)C[C@H]2c2ccc(OC)cc2)c1C(=O)OCC. The molecule has 0 aliphatic carbocycles. The summed E-state index contributed by atoms with van der Waals surface area (Å²) in [5.74, 6) is -1.40. The Morgan fingerprint density at radius 3 is 2.33 bits per heavy atom. The van der Waals surface area contributed by atoms with E-state index in [1.807, 2.05) is 50.2 Å². The van der Waals surface area contributed by atoms with Crippen LogP contribution in [0.5, 0.6) is 5.75 Å². The molecular weight excluding hydrogens is 502 g/mol. The predicted molar refractivity (Wildman–Crippen MR) is 142 cm³/mol. The first-order chi connectivity index (χ1) is 18.8. The average molecular weight is 534 g/mol. The zero-order valence-electron chi connectivity index (χ0n) is 22.6. The maximum Gasteiger partial charge on any atom is 0.361 e. The number of benzene rings is 2. The van der Waals surface area contributed by atoms with Crippen LogP contribution < -0.4 is 4.74 Å².